The van der Waals surface area contributed by atoms with Crippen molar-refractivity contribution in [2.45, 2.75) is 90.2 Å². The molecule has 2 atom stereocenters. The molecule has 0 heterocycles. The predicted molar refractivity (Wildman–Crippen MR) is 98.1 cm³/mol. The Labute approximate surface area is 148 Å². The van der Waals surface area contributed by atoms with Crippen molar-refractivity contribution in [3.05, 3.63) is 6.92 Å². The van der Waals surface area contributed by atoms with Gasteiger partial charge in [-0.25, -0.2) is 4.79 Å². The lowest BCUT2D eigenvalue weighted by atomic mass is 10.0. The van der Waals surface area contributed by atoms with Crippen molar-refractivity contribution in [1.29, 1.82) is 0 Å². The van der Waals surface area contributed by atoms with Crippen LogP contribution in [0.5, 0.6) is 0 Å². The summed E-state index contributed by atoms with van der Waals surface area (Å²) >= 11 is 0. The van der Waals surface area contributed by atoms with E-state index in [9.17, 15) is 9.59 Å². The highest BCUT2D eigenvalue weighted by atomic mass is 16.5. The van der Waals surface area contributed by atoms with Crippen LogP contribution >= 0.6 is 0 Å². The third kappa shape index (κ3) is 13.0. The minimum absolute atomic E-state index is 0.305. The van der Waals surface area contributed by atoms with Crippen LogP contribution in [0.15, 0.2) is 0 Å². The molecule has 4 heteroatoms. The lowest BCUT2D eigenvalue weighted by Crippen LogP contribution is -2.39. The summed E-state index contributed by atoms with van der Waals surface area (Å²) in [5.74, 6) is 2.58. The van der Waals surface area contributed by atoms with Gasteiger partial charge in [0.1, 0.15) is 6.04 Å². The Morgan fingerprint density at radius 1 is 1.17 bits per heavy atom. The van der Waals surface area contributed by atoms with Gasteiger partial charge in [0.2, 0.25) is 6.41 Å². The van der Waals surface area contributed by atoms with E-state index in [0.717, 1.165) is 32.1 Å². The molecule has 0 rings (SSSR count). The van der Waals surface area contributed by atoms with E-state index in [4.69, 9.17) is 11.2 Å². The maximum Gasteiger partial charge on any atom is 0.326 e. The number of hydrogen-bond donors (Lipinski definition) is 1. The molecule has 0 aliphatic carbocycles. The van der Waals surface area contributed by atoms with Gasteiger partial charge in [-0.3, -0.25) is 4.79 Å². The highest BCUT2D eigenvalue weighted by Gasteiger charge is 2.20. The van der Waals surface area contributed by atoms with Gasteiger partial charge < -0.3 is 17.0 Å². The van der Waals surface area contributed by atoms with Crippen LogP contribution in [-0.2, 0) is 14.3 Å². The SMILES string of the molecule is C#CCCCCCCCCC[C@@H]([CH2-])OC(=O)[C@H](CC(C)C)NC=O. The molecule has 4 nitrogen and oxygen atoms in total. The van der Waals surface area contributed by atoms with Crippen molar-refractivity contribution < 1.29 is 14.3 Å². The molecule has 0 saturated carbocycles. The molecule has 1 N–H and O–H groups in total. The highest BCUT2D eigenvalue weighted by Crippen LogP contribution is 2.13. The van der Waals surface area contributed by atoms with E-state index in [1.165, 1.54) is 25.7 Å². The van der Waals surface area contributed by atoms with Crippen LogP contribution in [-0.4, -0.2) is 24.5 Å². The summed E-state index contributed by atoms with van der Waals surface area (Å²) in [4.78, 5) is 22.6. The van der Waals surface area contributed by atoms with Crippen LogP contribution in [0, 0.1) is 25.2 Å². The fourth-order valence-corrected chi connectivity index (χ4v) is 2.57. The zero-order chi connectivity index (χ0) is 18.2. The first-order valence-electron chi connectivity index (χ1n) is 9.18. The second-order valence-corrected chi connectivity index (χ2v) is 6.74. The molecule has 0 bridgehead atoms. The second kappa shape index (κ2) is 15.1. The van der Waals surface area contributed by atoms with Crippen LogP contribution in [0.2, 0.25) is 0 Å². The third-order valence-corrected chi connectivity index (χ3v) is 3.89. The van der Waals surface area contributed by atoms with Crippen LogP contribution in [0.4, 0.5) is 0 Å². The van der Waals surface area contributed by atoms with Gasteiger partial charge in [0.25, 0.3) is 0 Å². The Hall–Kier alpha value is -1.50. The van der Waals surface area contributed by atoms with Gasteiger partial charge in [0.15, 0.2) is 0 Å². The van der Waals surface area contributed by atoms with Gasteiger partial charge in [-0.15, -0.1) is 12.3 Å². The number of nitrogens with one attached hydrogen (secondary N) is 1. The average molecular weight is 336 g/mol. The zero-order valence-corrected chi connectivity index (χ0v) is 15.4. The fourth-order valence-electron chi connectivity index (χ4n) is 2.57. The molecule has 0 aromatic rings. The van der Waals surface area contributed by atoms with Crippen LogP contribution in [0.25, 0.3) is 0 Å². The van der Waals surface area contributed by atoms with Crippen molar-refractivity contribution >= 4 is 12.4 Å². The number of carbonyl (C=O) groups excluding carboxylic acids is 2. The molecule has 0 aliphatic heterocycles. The quantitative estimate of drug-likeness (QED) is 0.161. The molecule has 0 fully saturated rings. The molecule has 0 unspecified atom stereocenters. The molecule has 138 valence electrons. The summed E-state index contributed by atoms with van der Waals surface area (Å²) in [7, 11) is 0. The van der Waals surface area contributed by atoms with E-state index in [2.05, 4.69) is 18.2 Å². The third-order valence-electron chi connectivity index (χ3n) is 3.89. The number of terminal acetylenes is 1. The van der Waals surface area contributed by atoms with Crippen molar-refractivity contribution in [3.63, 3.8) is 0 Å². The minimum Gasteiger partial charge on any atom is -0.494 e. The molecular formula is C20H34NO3-. The normalized spacial score (nSPS) is 13.1. The minimum atomic E-state index is -0.574. The molecule has 0 saturated heterocycles. The standard InChI is InChI=1S/C20H34NO3/c1-5-6-7-8-9-10-11-12-13-14-18(4)24-20(23)19(21-16-22)15-17(2)3/h1,16-19H,4,6-15H2,2-3H3,(H,21,22)/q-1/t18-,19+/m1/s1. The summed E-state index contributed by atoms with van der Waals surface area (Å²) < 4.78 is 5.35. The number of amides is 1. The maximum atomic E-state index is 12.0. The topological polar surface area (TPSA) is 55.4 Å². The molecule has 0 aromatic heterocycles. The number of ether oxygens (including phenoxy) is 1. The van der Waals surface area contributed by atoms with Gasteiger partial charge in [-0.2, -0.15) is 0 Å². The number of rotatable bonds is 15. The average Bonchev–Trinajstić information content (AvgIpc) is 2.52. The number of carbonyl (C=O) groups is 2. The number of esters is 1. The van der Waals surface area contributed by atoms with Crippen LogP contribution < -0.4 is 5.32 Å². The van der Waals surface area contributed by atoms with Crippen molar-refractivity contribution in [2.24, 2.45) is 5.92 Å². The molecule has 0 aliphatic rings. The summed E-state index contributed by atoms with van der Waals surface area (Å²) in [6.45, 7) is 7.89. The zero-order valence-electron chi connectivity index (χ0n) is 15.4. The molecule has 0 aromatic carbocycles. The van der Waals surface area contributed by atoms with E-state index < -0.39 is 6.04 Å². The van der Waals surface area contributed by atoms with Gasteiger partial charge in [-0.1, -0.05) is 52.4 Å². The summed E-state index contributed by atoms with van der Waals surface area (Å²) in [6, 6.07) is -0.574. The number of unbranched alkanes of at least 4 members (excludes halogenated alkanes) is 7. The molecule has 24 heavy (non-hydrogen) atoms. The van der Waals surface area contributed by atoms with Gasteiger partial charge in [0.05, 0.1) is 0 Å². The Morgan fingerprint density at radius 3 is 2.29 bits per heavy atom. The maximum absolute atomic E-state index is 12.0. The van der Waals surface area contributed by atoms with E-state index in [-0.39, 0.29) is 12.1 Å². The summed E-state index contributed by atoms with van der Waals surface area (Å²) in [5, 5.41) is 2.53. The highest BCUT2D eigenvalue weighted by molar-refractivity contribution is 5.78. The Balaban J connectivity index is 3.76. The first-order chi connectivity index (χ1) is 11.5. The first-order valence-corrected chi connectivity index (χ1v) is 9.18. The smallest absolute Gasteiger partial charge is 0.326 e. The van der Waals surface area contributed by atoms with Gasteiger partial charge in [0, 0.05) is 6.42 Å². The molecule has 0 radical (unpaired) electrons. The Bertz CT molecular complexity index is 374. The van der Waals surface area contributed by atoms with Crippen molar-refractivity contribution in [2.75, 3.05) is 0 Å². The van der Waals surface area contributed by atoms with E-state index in [1.54, 1.807) is 0 Å². The lowest BCUT2D eigenvalue weighted by Gasteiger charge is -2.23. The summed E-state index contributed by atoms with van der Waals surface area (Å²) in [5.41, 5.74) is 0. The predicted octanol–water partition coefficient (Wildman–Crippen LogP) is 4.04. The van der Waals surface area contributed by atoms with Crippen LogP contribution in [0.3, 0.4) is 0 Å². The summed E-state index contributed by atoms with van der Waals surface area (Å²) in [6.07, 6.45) is 15.8. The van der Waals surface area contributed by atoms with E-state index >= 15 is 0 Å². The van der Waals surface area contributed by atoms with Gasteiger partial charge in [-0.05, 0) is 31.3 Å². The lowest BCUT2D eigenvalue weighted by molar-refractivity contribution is -0.151. The first kappa shape index (κ1) is 22.5. The van der Waals surface area contributed by atoms with Crippen LogP contribution in [0.1, 0.15) is 78.1 Å². The van der Waals surface area contributed by atoms with E-state index in [0.29, 0.717) is 18.7 Å². The largest absolute Gasteiger partial charge is 0.494 e. The fraction of sp³-hybridized carbons (Fsp3) is 0.750. The molecule has 0 spiro atoms. The van der Waals surface area contributed by atoms with Gasteiger partial charge >= 0.3 is 5.97 Å². The number of hydrogen-bond acceptors (Lipinski definition) is 3. The Kier molecular flexibility index (Phi) is 14.1. The second-order valence-electron chi connectivity index (χ2n) is 6.74. The van der Waals surface area contributed by atoms with E-state index in [1.807, 2.05) is 13.8 Å². The van der Waals surface area contributed by atoms with Crippen molar-refractivity contribution in [1.82, 2.24) is 5.32 Å². The Morgan fingerprint density at radius 2 is 1.75 bits per heavy atom. The molecule has 1 amide bonds. The monoisotopic (exact) mass is 336 g/mol. The molecular weight excluding hydrogens is 302 g/mol. The van der Waals surface area contributed by atoms with Crippen molar-refractivity contribution in [3.8, 4) is 12.3 Å².